The van der Waals surface area contributed by atoms with Crippen molar-refractivity contribution < 1.29 is 32.1 Å². The number of nitrogens with two attached hydrogens (primary N) is 1. The van der Waals surface area contributed by atoms with Crippen LogP contribution in [-0.2, 0) is 10.0 Å². The molecule has 0 aliphatic rings. The largest absolute Gasteiger partial charge is 0.493 e. The molecule has 0 heterocycles. The maximum absolute atomic E-state index is 13.0. The Morgan fingerprint density at radius 1 is 0.714 bits per heavy atom. The van der Waals surface area contributed by atoms with Gasteiger partial charge in [0.1, 0.15) is 0 Å². The Kier molecular flexibility index (Phi) is 7.98. The minimum Gasteiger partial charge on any atom is -0.493 e. The van der Waals surface area contributed by atoms with Gasteiger partial charge in [0.2, 0.25) is 5.75 Å². The summed E-state index contributed by atoms with van der Waals surface area (Å²) in [7, 11) is 3.58. The molecule has 35 heavy (non-hydrogen) atoms. The second-order valence-corrected chi connectivity index (χ2v) is 8.96. The minimum atomic E-state index is -3.94. The van der Waals surface area contributed by atoms with E-state index in [0.717, 1.165) is 5.56 Å². The van der Waals surface area contributed by atoms with E-state index in [1.165, 1.54) is 47.7 Å². The predicted octanol–water partition coefficient (Wildman–Crippen LogP) is 4.28. The van der Waals surface area contributed by atoms with Crippen LogP contribution in [0.2, 0.25) is 0 Å². The van der Waals surface area contributed by atoms with E-state index in [-0.39, 0.29) is 16.3 Å². The first-order chi connectivity index (χ1) is 16.8. The monoisotopic (exact) mass is 500 g/mol. The number of rotatable bonds is 10. The molecule has 0 fully saturated rings. The lowest BCUT2D eigenvalue weighted by Gasteiger charge is -2.16. The van der Waals surface area contributed by atoms with Gasteiger partial charge in [-0.25, -0.2) is 8.42 Å². The van der Waals surface area contributed by atoms with Crippen molar-refractivity contribution in [2.24, 2.45) is 0 Å². The molecule has 0 amide bonds. The fourth-order valence-corrected chi connectivity index (χ4v) is 4.54. The average molecular weight is 501 g/mol. The number of hydrogen-bond acceptors (Lipinski definition) is 8. The second-order valence-electron chi connectivity index (χ2n) is 7.27. The fraction of sp³-hybridized carbons (Fsp3) is 0.200. The Morgan fingerprint density at radius 2 is 1.23 bits per heavy atom. The van der Waals surface area contributed by atoms with Crippen LogP contribution in [0.15, 0.2) is 53.4 Å². The number of nitrogen functional groups attached to an aromatic ring is 1. The lowest BCUT2D eigenvalue weighted by molar-refractivity contribution is 0.324. The molecule has 3 aromatic rings. The van der Waals surface area contributed by atoms with Gasteiger partial charge in [-0.1, -0.05) is 18.2 Å². The molecule has 10 heteroatoms. The van der Waals surface area contributed by atoms with E-state index in [0.29, 0.717) is 34.2 Å². The second kappa shape index (κ2) is 10.9. The smallest absolute Gasteiger partial charge is 0.262 e. The van der Waals surface area contributed by atoms with E-state index < -0.39 is 10.0 Å². The van der Waals surface area contributed by atoms with E-state index in [2.05, 4.69) is 4.72 Å². The molecular formula is C25H28N2O7S. The number of benzene rings is 3. The molecule has 0 aromatic heterocycles. The fourth-order valence-electron chi connectivity index (χ4n) is 3.43. The van der Waals surface area contributed by atoms with Crippen molar-refractivity contribution in [2.75, 3.05) is 46.0 Å². The molecule has 3 rings (SSSR count). The highest BCUT2D eigenvalue weighted by Crippen LogP contribution is 2.40. The van der Waals surface area contributed by atoms with Gasteiger partial charge in [0, 0.05) is 5.69 Å². The summed E-state index contributed by atoms with van der Waals surface area (Å²) in [6.07, 6.45) is 3.61. The van der Waals surface area contributed by atoms with Crippen LogP contribution < -0.4 is 34.1 Å². The zero-order valence-corrected chi connectivity index (χ0v) is 20.9. The van der Waals surface area contributed by atoms with E-state index >= 15 is 0 Å². The van der Waals surface area contributed by atoms with Gasteiger partial charge in [0.05, 0.1) is 46.1 Å². The molecule has 9 nitrogen and oxygen atoms in total. The van der Waals surface area contributed by atoms with E-state index in [1.807, 2.05) is 6.08 Å². The third kappa shape index (κ3) is 5.72. The third-order valence-corrected chi connectivity index (χ3v) is 6.43. The molecule has 0 atom stereocenters. The number of anilines is 2. The predicted molar refractivity (Wildman–Crippen MR) is 136 cm³/mol. The number of ether oxygens (including phenoxy) is 5. The van der Waals surface area contributed by atoms with Gasteiger partial charge in [-0.2, -0.15) is 0 Å². The Bertz CT molecular complexity index is 1310. The van der Waals surface area contributed by atoms with Crippen molar-refractivity contribution >= 4 is 33.6 Å². The van der Waals surface area contributed by atoms with E-state index in [1.54, 1.807) is 42.5 Å². The van der Waals surface area contributed by atoms with Crippen molar-refractivity contribution in [1.29, 1.82) is 0 Å². The molecule has 3 aromatic carbocycles. The molecule has 0 aliphatic carbocycles. The quantitative estimate of drug-likeness (QED) is 0.313. The van der Waals surface area contributed by atoms with Crippen LogP contribution in [0.5, 0.6) is 28.7 Å². The summed E-state index contributed by atoms with van der Waals surface area (Å²) in [5.74, 6) is 2.09. The van der Waals surface area contributed by atoms with Crippen molar-refractivity contribution in [1.82, 2.24) is 0 Å². The van der Waals surface area contributed by atoms with Crippen LogP contribution >= 0.6 is 0 Å². The summed E-state index contributed by atoms with van der Waals surface area (Å²) in [4.78, 5) is 0.0249. The topological polar surface area (TPSA) is 118 Å². The molecule has 0 unspecified atom stereocenters. The lowest BCUT2D eigenvalue weighted by atomic mass is 10.1. The molecule has 0 saturated carbocycles. The van der Waals surface area contributed by atoms with Crippen molar-refractivity contribution in [3.63, 3.8) is 0 Å². The Hall–Kier alpha value is -4.05. The first-order valence-corrected chi connectivity index (χ1v) is 11.9. The van der Waals surface area contributed by atoms with Gasteiger partial charge >= 0.3 is 0 Å². The lowest BCUT2D eigenvalue weighted by Crippen LogP contribution is -2.14. The zero-order chi connectivity index (χ0) is 25.6. The Balaban J connectivity index is 2.03. The molecule has 3 N–H and O–H groups in total. The highest BCUT2D eigenvalue weighted by atomic mass is 32.2. The molecule has 0 radical (unpaired) electrons. The number of hydrogen-bond donors (Lipinski definition) is 2. The zero-order valence-electron chi connectivity index (χ0n) is 20.1. The van der Waals surface area contributed by atoms with Crippen LogP contribution in [0, 0.1) is 0 Å². The number of methoxy groups -OCH3 is 5. The first kappa shape index (κ1) is 25.6. The molecule has 186 valence electrons. The summed E-state index contributed by atoms with van der Waals surface area (Å²) >= 11 is 0. The summed E-state index contributed by atoms with van der Waals surface area (Å²) in [5, 5.41) is 0. The van der Waals surface area contributed by atoms with Crippen LogP contribution in [0.1, 0.15) is 11.1 Å². The SMILES string of the molecule is COc1cc(/C=C\c2cc(OC)c(OC)c(OC)c2)cc(NS(=O)(=O)c2cccc(N)c2)c1OC. The maximum Gasteiger partial charge on any atom is 0.262 e. The summed E-state index contributed by atoms with van der Waals surface area (Å²) in [6, 6.07) is 13.0. The summed E-state index contributed by atoms with van der Waals surface area (Å²) < 4.78 is 55.6. The number of nitrogens with one attached hydrogen (secondary N) is 1. The molecule has 0 bridgehead atoms. The molecule has 0 aliphatic heterocycles. The molecule has 0 saturated heterocycles. The highest BCUT2D eigenvalue weighted by Gasteiger charge is 2.20. The third-order valence-electron chi connectivity index (χ3n) is 5.07. The minimum absolute atomic E-state index is 0.0249. The van der Waals surface area contributed by atoms with Gasteiger partial charge in [-0.3, -0.25) is 4.72 Å². The van der Waals surface area contributed by atoms with Gasteiger partial charge < -0.3 is 29.4 Å². The molecule has 0 spiro atoms. The van der Waals surface area contributed by atoms with Crippen LogP contribution in [0.4, 0.5) is 11.4 Å². The van der Waals surface area contributed by atoms with Crippen LogP contribution in [-0.4, -0.2) is 44.0 Å². The van der Waals surface area contributed by atoms with Gasteiger partial charge in [-0.15, -0.1) is 0 Å². The van der Waals surface area contributed by atoms with Crippen LogP contribution in [0.25, 0.3) is 12.2 Å². The average Bonchev–Trinajstić information content (AvgIpc) is 2.86. The van der Waals surface area contributed by atoms with Crippen LogP contribution in [0.3, 0.4) is 0 Å². The highest BCUT2D eigenvalue weighted by molar-refractivity contribution is 7.92. The van der Waals surface area contributed by atoms with Crippen molar-refractivity contribution in [2.45, 2.75) is 4.90 Å². The maximum atomic E-state index is 13.0. The Morgan fingerprint density at radius 3 is 1.71 bits per heavy atom. The summed E-state index contributed by atoms with van der Waals surface area (Å²) in [5.41, 5.74) is 7.73. The normalized spacial score (nSPS) is 11.2. The number of sulfonamides is 1. The van der Waals surface area contributed by atoms with Gasteiger partial charge in [-0.05, 0) is 53.6 Å². The van der Waals surface area contributed by atoms with Crippen molar-refractivity contribution in [3.8, 4) is 28.7 Å². The first-order valence-electron chi connectivity index (χ1n) is 10.4. The molecular weight excluding hydrogens is 472 g/mol. The van der Waals surface area contributed by atoms with E-state index in [9.17, 15) is 8.42 Å². The van der Waals surface area contributed by atoms with Gasteiger partial charge in [0.15, 0.2) is 23.0 Å². The van der Waals surface area contributed by atoms with Gasteiger partial charge in [0.25, 0.3) is 10.0 Å². The van der Waals surface area contributed by atoms with E-state index in [4.69, 9.17) is 29.4 Å². The summed E-state index contributed by atoms with van der Waals surface area (Å²) in [6.45, 7) is 0. The Labute approximate surface area is 205 Å². The van der Waals surface area contributed by atoms with Crippen molar-refractivity contribution in [3.05, 3.63) is 59.7 Å². The standard InChI is InChI=1S/C25H28N2O7S/c1-30-21-12-16(9-10-17-13-22(31-2)25(34-5)23(14-17)32-3)11-20(24(21)33-4)27-35(28,29)19-8-6-7-18(26)15-19/h6-15,27H,26H2,1-5H3/b10-9-.